The third-order valence-electron chi connectivity index (χ3n) is 3.95. The zero-order valence-corrected chi connectivity index (χ0v) is 12.8. The molecule has 0 amide bonds. The van der Waals surface area contributed by atoms with Crippen molar-refractivity contribution in [3.05, 3.63) is 34.6 Å². The van der Waals surface area contributed by atoms with Crippen LogP contribution in [-0.4, -0.2) is 25.8 Å². The van der Waals surface area contributed by atoms with Gasteiger partial charge in [-0.25, -0.2) is 4.39 Å². The summed E-state index contributed by atoms with van der Waals surface area (Å²) < 4.78 is 19.4. The molecule has 1 saturated heterocycles. The topological polar surface area (TPSA) is 21.3 Å². The minimum Gasteiger partial charge on any atom is -0.381 e. The van der Waals surface area contributed by atoms with Crippen LogP contribution in [0.25, 0.3) is 0 Å². The summed E-state index contributed by atoms with van der Waals surface area (Å²) in [6.45, 7) is 4.70. The molecular formula is C16H23ClFNO. The quantitative estimate of drug-likeness (QED) is 0.862. The lowest BCUT2D eigenvalue weighted by molar-refractivity contribution is 0.0606. The summed E-state index contributed by atoms with van der Waals surface area (Å²) >= 11 is 5.85. The second-order valence-electron chi connectivity index (χ2n) is 5.46. The Hall–Kier alpha value is -0.640. The first-order valence-corrected chi connectivity index (χ1v) is 7.82. The average molecular weight is 300 g/mol. The monoisotopic (exact) mass is 299 g/mol. The van der Waals surface area contributed by atoms with E-state index in [-0.39, 0.29) is 10.8 Å². The third kappa shape index (κ3) is 4.44. The second-order valence-corrected chi connectivity index (χ2v) is 5.87. The molecule has 2 rings (SSSR count). The lowest BCUT2D eigenvalue weighted by Crippen LogP contribution is -2.34. The highest BCUT2D eigenvalue weighted by Gasteiger charge is 2.20. The van der Waals surface area contributed by atoms with Crippen LogP contribution in [0.3, 0.4) is 0 Å². The molecule has 1 aromatic rings. The minimum atomic E-state index is -0.274. The van der Waals surface area contributed by atoms with Gasteiger partial charge in [-0.15, -0.1) is 0 Å². The standard InChI is InChI=1S/C16H23ClFNO/c1-2-19-14(10-12-6-8-20-9-7-12)11-13-4-3-5-15(17)16(13)18/h3-5,12,14,19H,2,6-11H2,1H3. The number of hydrogen-bond donors (Lipinski definition) is 1. The molecule has 0 spiro atoms. The fraction of sp³-hybridized carbons (Fsp3) is 0.625. The Morgan fingerprint density at radius 2 is 2.15 bits per heavy atom. The normalized spacial score (nSPS) is 18.1. The Kier molecular flexibility index (Phi) is 6.27. The van der Waals surface area contributed by atoms with Gasteiger partial charge in [0.05, 0.1) is 5.02 Å². The van der Waals surface area contributed by atoms with Gasteiger partial charge in [0.15, 0.2) is 0 Å². The Balaban J connectivity index is 1.98. The maximum Gasteiger partial charge on any atom is 0.145 e. The lowest BCUT2D eigenvalue weighted by Gasteiger charge is -2.27. The van der Waals surface area contributed by atoms with Gasteiger partial charge in [0.2, 0.25) is 0 Å². The van der Waals surface area contributed by atoms with Crippen LogP contribution >= 0.6 is 11.6 Å². The molecule has 1 N–H and O–H groups in total. The van der Waals surface area contributed by atoms with E-state index in [1.165, 1.54) is 0 Å². The van der Waals surface area contributed by atoms with Gasteiger partial charge in [0.25, 0.3) is 0 Å². The van der Waals surface area contributed by atoms with Gasteiger partial charge in [-0.2, -0.15) is 0 Å². The molecule has 1 aliphatic rings. The highest BCUT2D eigenvalue weighted by Crippen LogP contribution is 2.24. The lowest BCUT2D eigenvalue weighted by atomic mass is 9.89. The van der Waals surface area contributed by atoms with Crippen molar-refractivity contribution in [2.24, 2.45) is 5.92 Å². The maximum atomic E-state index is 14.0. The van der Waals surface area contributed by atoms with Crippen molar-refractivity contribution in [1.82, 2.24) is 5.32 Å². The first-order valence-electron chi connectivity index (χ1n) is 7.44. The molecule has 0 aromatic heterocycles. The van der Waals surface area contributed by atoms with E-state index in [2.05, 4.69) is 12.2 Å². The number of benzene rings is 1. The van der Waals surface area contributed by atoms with Gasteiger partial charge >= 0.3 is 0 Å². The van der Waals surface area contributed by atoms with Crippen molar-refractivity contribution in [3.63, 3.8) is 0 Å². The molecule has 0 bridgehead atoms. The molecule has 1 aliphatic heterocycles. The molecule has 1 unspecified atom stereocenters. The summed E-state index contributed by atoms with van der Waals surface area (Å²) in [6, 6.07) is 5.55. The zero-order valence-electron chi connectivity index (χ0n) is 12.0. The van der Waals surface area contributed by atoms with E-state index in [1.807, 2.05) is 12.1 Å². The van der Waals surface area contributed by atoms with Gasteiger partial charge in [0.1, 0.15) is 5.82 Å². The van der Waals surface area contributed by atoms with Gasteiger partial charge in [-0.05, 0) is 49.8 Å². The Morgan fingerprint density at radius 3 is 2.85 bits per heavy atom. The molecule has 0 radical (unpaired) electrons. The van der Waals surface area contributed by atoms with E-state index in [4.69, 9.17) is 16.3 Å². The minimum absolute atomic E-state index is 0.212. The average Bonchev–Trinajstić information content (AvgIpc) is 2.45. The molecule has 112 valence electrons. The number of likely N-dealkylation sites (N-methyl/N-ethyl adjacent to an activating group) is 1. The van der Waals surface area contributed by atoms with Gasteiger partial charge in [0, 0.05) is 19.3 Å². The van der Waals surface area contributed by atoms with E-state index in [0.717, 1.165) is 39.0 Å². The molecule has 4 heteroatoms. The van der Waals surface area contributed by atoms with Crippen molar-refractivity contribution in [2.45, 2.75) is 38.6 Å². The van der Waals surface area contributed by atoms with Crippen LogP contribution in [0.5, 0.6) is 0 Å². The summed E-state index contributed by atoms with van der Waals surface area (Å²) in [7, 11) is 0. The molecule has 1 fully saturated rings. The van der Waals surface area contributed by atoms with Crippen LogP contribution in [0, 0.1) is 11.7 Å². The van der Waals surface area contributed by atoms with E-state index in [9.17, 15) is 4.39 Å². The fourth-order valence-electron chi connectivity index (χ4n) is 2.88. The van der Waals surface area contributed by atoms with Crippen molar-refractivity contribution in [1.29, 1.82) is 0 Å². The molecule has 1 heterocycles. The van der Waals surface area contributed by atoms with Crippen LogP contribution in [0.1, 0.15) is 31.7 Å². The number of rotatable bonds is 6. The Labute approximate surface area is 125 Å². The van der Waals surface area contributed by atoms with Crippen LogP contribution in [0.2, 0.25) is 5.02 Å². The number of ether oxygens (including phenoxy) is 1. The number of hydrogen-bond acceptors (Lipinski definition) is 2. The van der Waals surface area contributed by atoms with E-state index in [0.29, 0.717) is 23.9 Å². The Bertz CT molecular complexity index is 421. The van der Waals surface area contributed by atoms with Crippen LogP contribution in [0.15, 0.2) is 18.2 Å². The molecular weight excluding hydrogens is 277 g/mol. The first kappa shape index (κ1) is 15.7. The summed E-state index contributed by atoms with van der Waals surface area (Å²) in [5.41, 5.74) is 0.704. The van der Waals surface area contributed by atoms with Crippen molar-refractivity contribution >= 4 is 11.6 Å². The Morgan fingerprint density at radius 1 is 1.40 bits per heavy atom. The van der Waals surface area contributed by atoms with Crippen LogP contribution in [0.4, 0.5) is 4.39 Å². The summed E-state index contributed by atoms with van der Waals surface area (Å²) in [5, 5.41) is 3.69. The van der Waals surface area contributed by atoms with Crippen molar-refractivity contribution < 1.29 is 9.13 Å². The third-order valence-corrected chi connectivity index (χ3v) is 4.24. The molecule has 0 aliphatic carbocycles. The predicted molar refractivity (Wildman–Crippen MR) is 80.7 cm³/mol. The fourth-order valence-corrected chi connectivity index (χ4v) is 3.08. The smallest absolute Gasteiger partial charge is 0.145 e. The van der Waals surface area contributed by atoms with Gasteiger partial charge in [-0.1, -0.05) is 30.7 Å². The predicted octanol–water partition coefficient (Wildman–Crippen LogP) is 3.82. The second kappa shape index (κ2) is 7.96. The highest BCUT2D eigenvalue weighted by atomic mass is 35.5. The molecule has 1 aromatic carbocycles. The van der Waals surface area contributed by atoms with Gasteiger partial charge < -0.3 is 10.1 Å². The van der Waals surface area contributed by atoms with E-state index < -0.39 is 0 Å². The summed E-state index contributed by atoms with van der Waals surface area (Å²) in [4.78, 5) is 0. The first-order chi connectivity index (χ1) is 9.70. The highest BCUT2D eigenvalue weighted by molar-refractivity contribution is 6.30. The van der Waals surface area contributed by atoms with Crippen molar-refractivity contribution in [2.75, 3.05) is 19.8 Å². The van der Waals surface area contributed by atoms with E-state index >= 15 is 0 Å². The molecule has 20 heavy (non-hydrogen) atoms. The van der Waals surface area contributed by atoms with Crippen LogP contribution in [-0.2, 0) is 11.2 Å². The number of halogens is 2. The zero-order chi connectivity index (χ0) is 14.4. The number of nitrogens with one attached hydrogen (secondary N) is 1. The maximum absolute atomic E-state index is 14.0. The molecule has 2 nitrogen and oxygen atoms in total. The largest absolute Gasteiger partial charge is 0.381 e. The SMILES string of the molecule is CCNC(Cc1cccc(Cl)c1F)CC1CCOCC1. The summed E-state index contributed by atoms with van der Waals surface area (Å²) in [5.74, 6) is 0.402. The van der Waals surface area contributed by atoms with Crippen LogP contribution < -0.4 is 5.32 Å². The molecule has 1 atom stereocenters. The van der Waals surface area contributed by atoms with E-state index in [1.54, 1.807) is 6.07 Å². The molecule has 0 saturated carbocycles. The van der Waals surface area contributed by atoms with Gasteiger partial charge in [-0.3, -0.25) is 0 Å². The summed E-state index contributed by atoms with van der Waals surface area (Å²) in [6.07, 6.45) is 3.99. The van der Waals surface area contributed by atoms with Crippen molar-refractivity contribution in [3.8, 4) is 0 Å².